The Labute approximate surface area is 115 Å². The maximum absolute atomic E-state index is 12.0. The highest BCUT2D eigenvalue weighted by Gasteiger charge is 2.20. The van der Waals surface area contributed by atoms with Crippen LogP contribution in [0.2, 0.25) is 0 Å². The Kier molecular flexibility index (Phi) is 4.11. The lowest BCUT2D eigenvalue weighted by molar-refractivity contribution is 0.0725. The lowest BCUT2D eigenvalue weighted by Crippen LogP contribution is -2.42. The molecule has 1 heterocycles. The van der Waals surface area contributed by atoms with Gasteiger partial charge >= 0.3 is 0 Å². The van der Waals surface area contributed by atoms with E-state index in [-0.39, 0.29) is 12.5 Å². The highest BCUT2D eigenvalue weighted by atomic mass is 32.2. The number of hydrogen-bond acceptors (Lipinski definition) is 4. The first-order valence-electron chi connectivity index (χ1n) is 5.94. The fourth-order valence-electron chi connectivity index (χ4n) is 1.82. The molecular formula is C13H17N3O2S. The molecule has 6 heteroatoms. The SMILES string of the molecule is CSCC(C)(O)CNC(=O)c1ccc2[nH]ncc2c1. The average Bonchev–Trinajstić information content (AvgIpc) is 2.83. The Bertz CT molecular complexity index is 580. The fourth-order valence-corrected chi connectivity index (χ4v) is 2.54. The number of rotatable bonds is 5. The highest BCUT2D eigenvalue weighted by Crippen LogP contribution is 2.13. The van der Waals surface area contributed by atoms with E-state index < -0.39 is 5.60 Å². The molecule has 102 valence electrons. The van der Waals surface area contributed by atoms with E-state index in [2.05, 4.69) is 15.5 Å². The van der Waals surface area contributed by atoms with Gasteiger partial charge < -0.3 is 10.4 Å². The number of hydrogen-bond donors (Lipinski definition) is 3. The van der Waals surface area contributed by atoms with E-state index in [4.69, 9.17) is 0 Å². The first kappa shape index (κ1) is 13.9. The Hall–Kier alpha value is -1.53. The molecular weight excluding hydrogens is 262 g/mol. The molecule has 2 rings (SSSR count). The van der Waals surface area contributed by atoms with Gasteiger partial charge in [0.2, 0.25) is 0 Å². The van der Waals surface area contributed by atoms with Crippen LogP contribution in [0, 0.1) is 0 Å². The summed E-state index contributed by atoms with van der Waals surface area (Å²) in [5, 5.41) is 20.4. The number of fused-ring (bicyclic) bond motifs is 1. The summed E-state index contributed by atoms with van der Waals surface area (Å²) in [6, 6.07) is 5.33. The zero-order chi connectivity index (χ0) is 13.9. The van der Waals surface area contributed by atoms with E-state index in [1.165, 1.54) is 0 Å². The standard InChI is InChI=1S/C13H17N3O2S/c1-13(18,8-19-2)7-14-12(17)9-3-4-11-10(5-9)6-15-16-11/h3-6,18H,7-8H2,1-2H3,(H,14,17)(H,15,16). The van der Waals surface area contributed by atoms with E-state index in [1.807, 2.05) is 12.3 Å². The van der Waals surface area contributed by atoms with E-state index in [9.17, 15) is 9.90 Å². The van der Waals surface area contributed by atoms with Gasteiger partial charge in [0.15, 0.2) is 0 Å². The van der Waals surface area contributed by atoms with Gasteiger partial charge in [-0.1, -0.05) is 0 Å². The van der Waals surface area contributed by atoms with Crippen LogP contribution in [-0.2, 0) is 0 Å². The van der Waals surface area contributed by atoms with Crippen molar-refractivity contribution in [2.75, 3.05) is 18.6 Å². The van der Waals surface area contributed by atoms with Gasteiger partial charge in [0.25, 0.3) is 5.91 Å². The number of nitrogens with one attached hydrogen (secondary N) is 2. The van der Waals surface area contributed by atoms with Crippen molar-refractivity contribution in [3.63, 3.8) is 0 Å². The van der Waals surface area contributed by atoms with Crippen LogP contribution in [0.1, 0.15) is 17.3 Å². The van der Waals surface area contributed by atoms with Gasteiger partial charge in [-0.25, -0.2) is 0 Å². The zero-order valence-corrected chi connectivity index (χ0v) is 11.8. The van der Waals surface area contributed by atoms with E-state index in [0.29, 0.717) is 11.3 Å². The number of aromatic nitrogens is 2. The fraction of sp³-hybridized carbons (Fsp3) is 0.385. The number of carbonyl (C=O) groups excluding carboxylic acids is 1. The van der Waals surface area contributed by atoms with E-state index >= 15 is 0 Å². The third kappa shape index (κ3) is 3.48. The molecule has 0 saturated carbocycles. The van der Waals surface area contributed by atoms with Crippen LogP contribution in [0.15, 0.2) is 24.4 Å². The van der Waals surface area contributed by atoms with E-state index in [0.717, 1.165) is 10.9 Å². The van der Waals surface area contributed by atoms with Gasteiger partial charge in [-0.2, -0.15) is 16.9 Å². The number of carbonyl (C=O) groups is 1. The summed E-state index contributed by atoms with van der Waals surface area (Å²) in [6.45, 7) is 1.94. The smallest absolute Gasteiger partial charge is 0.251 e. The molecule has 1 atom stereocenters. The van der Waals surface area contributed by atoms with Crippen LogP contribution in [0.25, 0.3) is 10.9 Å². The van der Waals surface area contributed by atoms with Crippen molar-refractivity contribution >= 4 is 28.6 Å². The van der Waals surface area contributed by atoms with Crippen LogP contribution in [0.4, 0.5) is 0 Å². The number of H-pyrrole nitrogens is 1. The largest absolute Gasteiger partial charge is 0.387 e. The third-order valence-corrected chi connectivity index (χ3v) is 3.70. The molecule has 1 unspecified atom stereocenters. The van der Waals surface area contributed by atoms with Crippen molar-refractivity contribution in [2.45, 2.75) is 12.5 Å². The van der Waals surface area contributed by atoms with Crippen LogP contribution < -0.4 is 5.32 Å². The Morgan fingerprint density at radius 1 is 1.58 bits per heavy atom. The topological polar surface area (TPSA) is 78.0 Å². The molecule has 0 spiro atoms. The third-order valence-electron chi connectivity index (χ3n) is 2.79. The Morgan fingerprint density at radius 2 is 2.37 bits per heavy atom. The molecule has 0 aliphatic rings. The lowest BCUT2D eigenvalue weighted by Gasteiger charge is -2.22. The minimum Gasteiger partial charge on any atom is -0.387 e. The number of nitrogens with zero attached hydrogens (tertiary/aromatic N) is 1. The minimum absolute atomic E-state index is 0.190. The quantitative estimate of drug-likeness (QED) is 0.773. The molecule has 1 aromatic heterocycles. The van der Waals surface area contributed by atoms with Crippen LogP contribution in [0.3, 0.4) is 0 Å². The summed E-state index contributed by atoms with van der Waals surface area (Å²) >= 11 is 1.55. The summed E-state index contributed by atoms with van der Waals surface area (Å²) in [7, 11) is 0. The summed E-state index contributed by atoms with van der Waals surface area (Å²) in [4.78, 5) is 12.0. The molecule has 0 aliphatic carbocycles. The van der Waals surface area contributed by atoms with Gasteiger partial charge in [0.1, 0.15) is 0 Å². The van der Waals surface area contributed by atoms with Gasteiger partial charge in [0, 0.05) is 23.2 Å². The molecule has 1 amide bonds. The van der Waals surface area contributed by atoms with Crippen molar-refractivity contribution in [1.82, 2.24) is 15.5 Å². The normalized spacial score (nSPS) is 14.3. The van der Waals surface area contributed by atoms with Gasteiger partial charge in [-0.05, 0) is 31.4 Å². The van der Waals surface area contributed by atoms with Gasteiger partial charge in [-0.3, -0.25) is 9.89 Å². The molecule has 0 radical (unpaired) electrons. The maximum Gasteiger partial charge on any atom is 0.251 e. The van der Waals surface area contributed by atoms with Crippen LogP contribution >= 0.6 is 11.8 Å². The average molecular weight is 279 g/mol. The molecule has 2 aromatic rings. The number of aromatic amines is 1. The minimum atomic E-state index is -0.894. The summed E-state index contributed by atoms with van der Waals surface area (Å²) in [5.74, 6) is 0.387. The van der Waals surface area contributed by atoms with Crippen LogP contribution in [0.5, 0.6) is 0 Å². The molecule has 0 saturated heterocycles. The summed E-state index contributed by atoms with van der Waals surface area (Å²) in [6.07, 6.45) is 3.60. The van der Waals surface area contributed by atoms with Crippen molar-refractivity contribution in [3.8, 4) is 0 Å². The van der Waals surface area contributed by atoms with Crippen LogP contribution in [-0.4, -0.2) is 45.4 Å². The number of amides is 1. The second kappa shape index (κ2) is 5.63. The van der Waals surface area contributed by atoms with Crippen molar-refractivity contribution < 1.29 is 9.90 Å². The number of aliphatic hydroxyl groups is 1. The van der Waals surface area contributed by atoms with E-state index in [1.54, 1.807) is 37.0 Å². The summed E-state index contributed by atoms with van der Waals surface area (Å²) < 4.78 is 0. The highest BCUT2D eigenvalue weighted by molar-refractivity contribution is 7.98. The molecule has 3 N–H and O–H groups in total. The van der Waals surface area contributed by atoms with Gasteiger partial charge in [0.05, 0.1) is 17.3 Å². The second-order valence-corrected chi connectivity index (χ2v) is 5.65. The summed E-state index contributed by atoms with van der Waals surface area (Å²) in [5.41, 5.74) is 0.564. The van der Waals surface area contributed by atoms with Gasteiger partial charge in [-0.15, -0.1) is 0 Å². The first-order chi connectivity index (χ1) is 9.02. The predicted molar refractivity (Wildman–Crippen MR) is 77.4 cm³/mol. The van der Waals surface area contributed by atoms with Crippen molar-refractivity contribution in [1.29, 1.82) is 0 Å². The lowest BCUT2D eigenvalue weighted by atomic mass is 10.1. The zero-order valence-electron chi connectivity index (χ0n) is 10.9. The molecule has 5 nitrogen and oxygen atoms in total. The monoisotopic (exact) mass is 279 g/mol. The second-order valence-electron chi connectivity index (χ2n) is 4.78. The number of thioether (sulfide) groups is 1. The Balaban J connectivity index is 2.03. The Morgan fingerprint density at radius 3 is 3.11 bits per heavy atom. The predicted octanol–water partition coefficient (Wildman–Crippen LogP) is 1.41. The molecule has 1 aromatic carbocycles. The molecule has 0 fully saturated rings. The maximum atomic E-state index is 12.0. The van der Waals surface area contributed by atoms with Crippen molar-refractivity contribution in [3.05, 3.63) is 30.0 Å². The van der Waals surface area contributed by atoms with Crippen molar-refractivity contribution in [2.24, 2.45) is 0 Å². The molecule has 0 aliphatic heterocycles. The number of benzene rings is 1. The molecule has 19 heavy (non-hydrogen) atoms. The molecule has 0 bridgehead atoms. The first-order valence-corrected chi connectivity index (χ1v) is 7.34.